The second-order valence-corrected chi connectivity index (χ2v) is 28.2. The van der Waals surface area contributed by atoms with Gasteiger partial charge < -0.3 is 170 Å². The van der Waals surface area contributed by atoms with Crippen LogP contribution in [0.5, 0.6) is 0 Å². The molecule has 0 bridgehead atoms. The number of carbonyl (C=O) groups excluding carboxylic acids is 8. The van der Waals surface area contributed by atoms with Crippen molar-refractivity contribution in [1.82, 2.24) is 42.5 Å². The molecule has 45 nitrogen and oxygen atoms in total. The third kappa shape index (κ3) is 42.5. The highest BCUT2D eigenvalue weighted by molar-refractivity contribution is 7.47. The molecule has 3 heterocycles. The normalized spacial score (nSPS) is 25.2. The zero-order valence-electron chi connectivity index (χ0n) is 65.2. The van der Waals surface area contributed by atoms with Gasteiger partial charge in [-0.05, 0) is 51.4 Å². The molecule has 114 heavy (non-hydrogen) atoms. The molecule has 664 valence electrons. The average molecular weight is 1680 g/mol. The van der Waals surface area contributed by atoms with Crippen LogP contribution in [0.2, 0.25) is 0 Å². The van der Waals surface area contributed by atoms with Gasteiger partial charge >= 0.3 is 7.82 Å². The van der Waals surface area contributed by atoms with Gasteiger partial charge in [-0.15, -0.1) is 0 Å². The van der Waals surface area contributed by atoms with E-state index in [0.29, 0.717) is 25.7 Å². The Morgan fingerprint density at radius 1 is 0.421 bits per heavy atom. The first-order valence-corrected chi connectivity index (χ1v) is 39.5. The number of ether oxygens (including phenoxy) is 14. The summed E-state index contributed by atoms with van der Waals surface area (Å²) in [5, 5.41) is 132. The molecule has 3 fully saturated rings. The summed E-state index contributed by atoms with van der Waals surface area (Å²) in [6.07, 6.45) is -16.2. The molecule has 3 saturated heterocycles. The highest BCUT2D eigenvalue weighted by Crippen LogP contribution is 2.42. The lowest BCUT2D eigenvalue weighted by Crippen LogP contribution is -2.65. The van der Waals surface area contributed by atoms with E-state index < -0.39 is 198 Å². The van der Waals surface area contributed by atoms with Gasteiger partial charge in [0.2, 0.25) is 47.3 Å². The van der Waals surface area contributed by atoms with Gasteiger partial charge in [0.15, 0.2) is 18.9 Å². The molecular weight excluding hydrogens is 1550 g/mol. The highest BCUT2D eigenvalue weighted by atomic mass is 31.2. The molecule has 8 amide bonds. The van der Waals surface area contributed by atoms with E-state index in [4.69, 9.17) is 75.9 Å². The Morgan fingerprint density at radius 3 is 1.25 bits per heavy atom. The number of phosphoric acid groups is 1. The molecule has 0 saturated carbocycles. The first-order valence-electron chi connectivity index (χ1n) is 38.0. The second kappa shape index (κ2) is 60.4. The second-order valence-electron chi connectivity index (χ2n) is 26.6. The van der Waals surface area contributed by atoms with E-state index >= 15 is 0 Å². The van der Waals surface area contributed by atoms with Crippen molar-refractivity contribution in [3.8, 4) is 0 Å². The van der Waals surface area contributed by atoms with E-state index in [-0.39, 0.29) is 190 Å². The fourth-order valence-corrected chi connectivity index (χ4v) is 12.0. The third-order valence-electron chi connectivity index (χ3n) is 17.4. The van der Waals surface area contributed by atoms with Crippen LogP contribution < -0.4 is 42.5 Å². The molecule has 20 N–H and O–H groups in total. The number of aliphatic hydroxyl groups is 11. The van der Waals surface area contributed by atoms with Gasteiger partial charge in [0.1, 0.15) is 98.4 Å². The van der Waals surface area contributed by atoms with Gasteiger partial charge in [0.05, 0.1) is 151 Å². The van der Waals surface area contributed by atoms with Crippen LogP contribution >= 0.6 is 7.82 Å². The fraction of sp³-hybridized carbons (Fsp3) is 0.882. The van der Waals surface area contributed by atoms with Gasteiger partial charge in [-0.2, -0.15) is 0 Å². The molecule has 18 unspecified atom stereocenters. The number of rotatable bonds is 65. The summed E-state index contributed by atoms with van der Waals surface area (Å²) in [7, 11) is -3.32. The number of nitrogens with one attached hydrogen (secondary N) is 8. The molecule has 0 radical (unpaired) electrons. The molecule has 3 aliphatic heterocycles. The third-order valence-corrected chi connectivity index (χ3v) is 18.4. The Bertz CT molecular complexity index is 2740. The lowest BCUT2D eigenvalue weighted by Gasteiger charge is -2.43. The molecule has 0 aromatic carbocycles. The van der Waals surface area contributed by atoms with Gasteiger partial charge in [0.25, 0.3) is 0 Å². The Hall–Kier alpha value is -5.13. The van der Waals surface area contributed by atoms with Crippen molar-refractivity contribution in [3.63, 3.8) is 0 Å². The van der Waals surface area contributed by atoms with Crippen LogP contribution in [-0.4, -0.2) is 404 Å². The Labute approximate surface area is 661 Å². The monoisotopic (exact) mass is 1680 g/mol. The number of aliphatic hydroxyl groups excluding tert-OH is 11. The summed E-state index contributed by atoms with van der Waals surface area (Å²) in [5.74, 6) is -5.36. The minimum Gasteiger partial charge on any atom is -0.396 e. The molecule has 0 aliphatic carbocycles. The summed E-state index contributed by atoms with van der Waals surface area (Å²) in [6.45, 7) is 0.266. The predicted molar refractivity (Wildman–Crippen MR) is 389 cm³/mol. The topological polar surface area (TPSA) is 640 Å². The van der Waals surface area contributed by atoms with Crippen molar-refractivity contribution in [2.45, 2.75) is 195 Å². The summed E-state index contributed by atoms with van der Waals surface area (Å²) in [6, 6.07) is -6.12. The van der Waals surface area contributed by atoms with Crippen molar-refractivity contribution < 1.29 is 179 Å². The molecule has 46 heteroatoms. The van der Waals surface area contributed by atoms with Gasteiger partial charge in [0, 0.05) is 60.0 Å². The lowest BCUT2D eigenvalue weighted by atomic mass is 9.97. The maximum absolute atomic E-state index is 14.4. The van der Waals surface area contributed by atoms with Crippen molar-refractivity contribution in [2.24, 2.45) is 5.92 Å². The van der Waals surface area contributed by atoms with Crippen LogP contribution in [0.1, 0.15) is 85.0 Å². The number of unbranched alkanes of at least 4 members (excludes halogenated alkanes) is 3. The van der Waals surface area contributed by atoms with Crippen molar-refractivity contribution in [1.29, 1.82) is 0 Å². The number of carbonyl (C=O) groups is 8. The largest absolute Gasteiger partial charge is 0.471 e. The van der Waals surface area contributed by atoms with Crippen LogP contribution in [-0.2, 0) is 118 Å². The smallest absolute Gasteiger partial charge is 0.396 e. The number of hydrogen-bond donors (Lipinski definition) is 20. The van der Waals surface area contributed by atoms with E-state index in [1.54, 1.807) is 0 Å². The number of amides is 8. The molecule has 3 rings (SSSR count). The molecule has 20 atom stereocenters. The highest BCUT2D eigenvalue weighted by Gasteiger charge is 2.48. The Balaban J connectivity index is 1.65. The minimum atomic E-state index is -4.32. The molecule has 0 aromatic heterocycles. The summed E-state index contributed by atoms with van der Waals surface area (Å²) in [5.41, 5.74) is 0. The van der Waals surface area contributed by atoms with Crippen molar-refractivity contribution in [2.75, 3.05) is 185 Å². The van der Waals surface area contributed by atoms with Crippen molar-refractivity contribution in [3.05, 3.63) is 0 Å². The minimum absolute atomic E-state index is 0.00526. The molecule has 0 aromatic rings. The van der Waals surface area contributed by atoms with E-state index in [2.05, 4.69) is 47.1 Å². The molecule has 3 aliphatic rings. The quantitative estimate of drug-likeness (QED) is 0.0199. The zero-order valence-corrected chi connectivity index (χ0v) is 66.0. The standard InChI is InChI=1S/C68H125N8O37P/c1-42(82)72-55-61(91)58(88)49(35-79)111-66(55)107-31-29-102-21-19-100-24-27-105-40-53(86)70-15-10-6-12-47(64(94)71-16-8-5-11-45(34-78)38-109-114(96,97)98-4)76-65(95)48(75-54(87)41-106-28-25-101-20-22-103-30-32-108-67-56(73-43(2)83)62(92)59(89)50(36-80)112-67)13-7-9-14-69-52(85)33-46(39-104-26-23-99-18-17-77)110-68-57(74-44(3)84)63(93)60(90)51(37-81)113-68/h45-51,55-63,66-68,77-81,88-93H,5-41H2,1-4H3,(H,69,85)(H,70,86)(H,71,94)(H,72,82)(H,73,83)(H,74,84)(H,75,87)(H,76,95)(H,96,97)/t45?,46?,47-,48-,49?,50?,51?,55?,56?,57?,58?,59?,60?,61?,62?,63?,66?,67?,68?/m0/s1. The zero-order chi connectivity index (χ0) is 84.2. The summed E-state index contributed by atoms with van der Waals surface area (Å²) < 4.78 is 99.3. The van der Waals surface area contributed by atoms with Crippen LogP contribution in [0.15, 0.2) is 0 Å². The van der Waals surface area contributed by atoms with Gasteiger partial charge in [-0.25, -0.2) is 4.57 Å². The molecule has 0 spiro atoms. The first kappa shape index (κ1) is 103. The van der Waals surface area contributed by atoms with E-state index in [9.17, 15) is 98.9 Å². The van der Waals surface area contributed by atoms with Crippen LogP contribution in [0.3, 0.4) is 0 Å². The summed E-state index contributed by atoms with van der Waals surface area (Å²) >= 11 is 0. The number of hydrogen-bond acceptors (Lipinski definition) is 36. The fourth-order valence-electron chi connectivity index (χ4n) is 11.5. The van der Waals surface area contributed by atoms with Crippen LogP contribution in [0, 0.1) is 5.92 Å². The first-order chi connectivity index (χ1) is 54.6. The van der Waals surface area contributed by atoms with Crippen LogP contribution in [0.4, 0.5) is 0 Å². The maximum Gasteiger partial charge on any atom is 0.471 e. The van der Waals surface area contributed by atoms with E-state index in [1.807, 2.05) is 0 Å². The van der Waals surface area contributed by atoms with Crippen LogP contribution in [0.25, 0.3) is 0 Å². The van der Waals surface area contributed by atoms with Crippen molar-refractivity contribution >= 4 is 55.1 Å². The Kier molecular flexibility index (Phi) is 54.6. The number of phosphoric ester groups is 1. The SMILES string of the molecule is COP(=O)(O)OCC(CO)CCCCNC(=O)[C@H](CCCCNC(=O)COCCOCCOCCOC1OC(CO)C(O)C(O)C1NC(C)=O)NC(=O)[C@H](CCCCNC(=O)CC(COCCOCCO)OC1OC(CO)C(O)C(O)C1NC(C)=O)NC(=O)COCCOCCOCCOC1OC(CO)C(O)C(O)C1NC(C)=O. The van der Waals surface area contributed by atoms with Gasteiger partial charge in [-0.3, -0.25) is 47.4 Å². The average Bonchev–Trinajstić information content (AvgIpc) is 0.825. The van der Waals surface area contributed by atoms with E-state index in [0.717, 1.165) is 14.0 Å². The lowest BCUT2D eigenvalue weighted by molar-refractivity contribution is -0.285. The van der Waals surface area contributed by atoms with E-state index in [1.165, 1.54) is 13.8 Å². The molecular formula is C68H125N8O37P. The summed E-state index contributed by atoms with van der Waals surface area (Å²) in [4.78, 5) is 114. The Morgan fingerprint density at radius 2 is 0.807 bits per heavy atom. The predicted octanol–water partition coefficient (Wildman–Crippen LogP) is -9.05. The maximum atomic E-state index is 14.4. The van der Waals surface area contributed by atoms with Gasteiger partial charge in [-0.1, -0.05) is 6.42 Å².